The van der Waals surface area contributed by atoms with Crippen molar-refractivity contribution in [3.8, 4) is 5.82 Å². The number of rotatable bonds is 6. The van der Waals surface area contributed by atoms with E-state index in [2.05, 4.69) is 30.1 Å². The summed E-state index contributed by atoms with van der Waals surface area (Å²) in [6, 6.07) is 10.3. The zero-order chi connectivity index (χ0) is 19.6. The standard InChI is InChI=1S/C17H16N8O2S/c1-24-10-17(20-12-24)28(26,27)23-14-5-3-13(4-6-14)22-15-9-16(19-11-18-15)25-8-2-7-21-25/h2-12,23H,1H3,(H,18,19,22). The zero-order valence-corrected chi connectivity index (χ0v) is 15.6. The van der Waals surface area contributed by atoms with Crippen LogP contribution in [0.1, 0.15) is 0 Å². The number of imidazole rings is 1. The second-order valence-corrected chi connectivity index (χ2v) is 7.53. The number of hydrogen-bond donors (Lipinski definition) is 2. The second-order valence-electron chi connectivity index (χ2n) is 5.90. The maximum absolute atomic E-state index is 12.3. The number of aromatic nitrogens is 6. The summed E-state index contributed by atoms with van der Waals surface area (Å²) in [5, 5.41) is 7.24. The summed E-state index contributed by atoms with van der Waals surface area (Å²) < 4.78 is 30.3. The first-order chi connectivity index (χ1) is 13.5. The Labute approximate surface area is 161 Å². The lowest BCUT2D eigenvalue weighted by Gasteiger charge is -2.09. The Kier molecular flexibility index (Phi) is 4.49. The summed E-state index contributed by atoms with van der Waals surface area (Å²) in [7, 11) is -2.02. The van der Waals surface area contributed by atoms with Crippen LogP contribution in [0.4, 0.5) is 17.2 Å². The quantitative estimate of drug-likeness (QED) is 0.511. The van der Waals surface area contributed by atoms with Crippen molar-refractivity contribution in [3.63, 3.8) is 0 Å². The third-order valence-electron chi connectivity index (χ3n) is 3.76. The van der Waals surface area contributed by atoms with Crippen LogP contribution >= 0.6 is 0 Å². The molecule has 0 fully saturated rings. The molecule has 0 spiro atoms. The largest absolute Gasteiger partial charge is 0.340 e. The SMILES string of the molecule is Cn1cnc(S(=O)(=O)Nc2ccc(Nc3cc(-n4cccn4)ncn3)cc2)c1. The third kappa shape index (κ3) is 3.83. The Balaban J connectivity index is 1.47. The van der Waals surface area contributed by atoms with E-state index in [1.807, 2.05) is 0 Å². The molecule has 0 amide bonds. The van der Waals surface area contributed by atoms with Crippen LogP contribution in [0.2, 0.25) is 0 Å². The minimum absolute atomic E-state index is 0.0377. The van der Waals surface area contributed by atoms with Crippen molar-refractivity contribution in [2.45, 2.75) is 5.03 Å². The van der Waals surface area contributed by atoms with E-state index in [4.69, 9.17) is 0 Å². The maximum Gasteiger partial charge on any atom is 0.280 e. The fourth-order valence-electron chi connectivity index (χ4n) is 2.45. The summed E-state index contributed by atoms with van der Waals surface area (Å²) in [6.45, 7) is 0. The van der Waals surface area contributed by atoms with E-state index in [-0.39, 0.29) is 5.03 Å². The van der Waals surface area contributed by atoms with E-state index in [1.165, 1.54) is 18.9 Å². The third-order valence-corrected chi connectivity index (χ3v) is 5.02. The molecule has 10 nitrogen and oxygen atoms in total. The highest BCUT2D eigenvalue weighted by Crippen LogP contribution is 2.20. The normalized spacial score (nSPS) is 11.3. The summed E-state index contributed by atoms with van der Waals surface area (Å²) >= 11 is 0. The van der Waals surface area contributed by atoms with Crippen molar-refractivity contribution in [2.75, 3.05) is 10.0 Å². The van der Waals surface area contributed by atoms with Crippen molar-refractivity contribution in [1.82, 2.24) is 29.3 Å². The Morgan fingerprint density at radius 2 is 1.82 bits per heavy atom. The van der Waals surface area contributed by atoms with E-state index in [0.29, 0.717) is 17.3 Å². The van der Waals surface area contributed by atoms with Gasteiger partial charge in [0.1, 0.15) is 12.1 Å². The van der Waals surface area contributed by atoms with Crippen LogP contribution < -0.4 is 10.0 Å². The molecule has 2 N–H and O–H groups in total. The first-order valence-corrected chi connectivity index (χ1v) is 9.68. The lowest BCUT2D eigenvalue weighted by molar-refractivity contribution is 0.598. The van der Waals surface area contributed by atoms with Gasteiger partial charge in [0, 0.05) is 43.1 Å². The van der Waals surface area contributed by atoms with Crippen LogP contribution in [-0.4, -0.2) is 37.7 Å². The highest BCUT2D eigenvalue weighted by molar-refractivity contribution is 7.92. The molecule has 0 aliphatic rings. The topological polar surface area (TPSA) is 120 Å². The first kappa shape index (κ1) is 17.7. The molecular formula is C17H16N8O2S. The molecule has 0 aliphatic carbocycles. The van der Waals surface area contributed by atoms with Gasteiger partial charge in [-0.2, -0.15) is 13.5 Å². The van der Waals surface area contributed by atoms with Gasteiger partial charge in [-0.1, -0.05) is 0 Å². The number of hydrogen-bond acceptors (Lipinski definition) is 7. The summed E-state index contributed by atoms with van der Waals surface area (Å²) in [4.78, 5) is 12.2. The monoisotopic (exact) mass is 396 g/mol. The van der Waals surface area contributed by atoms with Gasteiger partial charge < -0.3 is 9.88 Å². The molecule has 0 saturated carbocycles. The number of anilines is 3. The Morgan fingerprint density at radius 3 is 2.50 bits per heavy atom. The number of nitrogens with zero attached hydrogens (tertiary/aromatic N) is 6. The van der Waals surface area contributed by atoms with Crippen LogP contribution in [0.15, 0.2) is 72.7 Å². The lowest BCUT2D eigenvalue weighted by atomic mass is 10.3. The van der Waals surface area contributed by atoms with Gasteiger partial charge in [-0.25, -0.2) is 19.6 Å². The van der Waals surface area contributed by atoms with Crippen LogP contribution in [0.3, 0.4) is 0 Å². The molecule has 0 unspecified atom stereocenters. The van der Waals surface area contributed by atoms with Crippen molar-refractivity contribution in [3.05, 3.63) is 67.6 Å². The molecular weight excluding hydrogens is 380 g/mol. The lowest BCUT2D eigenvalue weighted by Crippen LogP contribution is -2.13. The van der Waals surface area contributed by atoms with Crippen LogP contribution in [0.5, 0.6) is 0 Å². The molecule has 0 atom stereocenters. The number of nitrogens with one attached hydrogen (secondary N) is 2. The molecule has 4 rings (SSSR count). The summed E-state index contributed by atoms with van der Waals surface area (Å²) in [6.07, 6.45) is 7.76. The maximum atomic E-state index is 12.3. The molecule has 0 saturated heterocycles. The Morgan fingerprint density at radius 1 is 1.04 bits per heavy atom. The van der Waals surface area contributed by atoms with Gasteiger partial charge >= 0.3 is 0 Å². The molecule has 11 heteroatoms. The minimum Gasteiger partial charge on any atom is -0.340 e. The fraction of sp³-hybridized carbons (Fsp3) is 0.0588. The average molecular weight is 396 g/mol. The minimum atomic E-state index is -3.73. The van der Waals surface area contributed by atoms with Crippen molar-refractivity contribution < 1.29 is 8.42 Å². The number of aryl methyl sites for hydroxylation is 1. The van der Waals surface area contributed by atoms with E-state index in [1.54, 1.807) is 65.1 Å². The fourth-order valence-corrected chi connectivity index (χ4v) is 3.49. The second kappa shape index (κ2) is 7.12. The molecule has 3 aromatic heterocycles. The van der Waals surface area contributed by atoms with Crippen molar-refractivity contribution in [1.29, 1.82) is 0 Å². The first-order valence-electron chi connectivity index (χ1n) is 8.19. The van der Waals surface area contributed by atoms with Gasteiger partial charge in [0.2, 0.25) is 0 Å². The van der Waals surface area contributed by atoms with Crippen LogP contribution in [0, 0.1) is 0 Å². The molecule has 3 heterocycles. The Bertz CT molecular complexity index is 1180. The van der Waals surface area contributed by atoms with E-state index in [0.717, 1.165) is 5.69 Å². The molecule has 28 heavy (non-hydrogen) atoms. The average Bonchev–Trinajstić information content (AvgIpc) is 3.35. The Hall–Kier alpha value is -3.73. The van der Waals surface area contributed by atoms with Crippen LogP contribution in [-0.2, 0) is 17.1 Å². The predicted molar refractivity (Wildman–Crippen MR) is 103 cm³/mol. The number of sulfonamides is 1. The zero-order valence-electron chi connectivity index (χ0n) is 14.8. The molecule has 4 aromatic rings. The summed E-state index contributed by atoms with van der Waals surface area (Å²) in [5.74, 6) is 1.21. The highest BCUT2D eigenvalue weighted by atomic mass is 32.2. The smallest absolute Gasteiger partial charge is 0.280 e. The van der Waals surface area contributed by atoms with E-state index in [9.17, 15) is 8.42 Å². The van der Waals surface area contributed by atoms with Gasteiger partial charge in [0.05, 0.1) is 6.33 Å². The predicted octanol–water partition coefficient (Wildman–Crippen LogP) is 1.94. The van der Waals surface area contributed by atoms with Crippen molar-refractivity contribution >= 4 is 27.2 Å². The highest BCUT2D eigenvalue weighted by Gasteiger charge is 2.17. The molecule has 142 valence electrons. The van der Waals surface area contributed by atoms with Crippen molar-refractivity contribution in [2.24, 2.45) is 7.05 Å². The van der Waals surface area contributed by atoms with E-state index >= 15 is 0 Å². The van der Waals surface area contributed by atoms with Gasteiger partial charge in [-0.05, 0) is 30.3 Å². The summed E-state index contributed by atoms with van der Waals surface area (Å²) in [5.41, 5.74) is 1.17. The van der Waals surface area contributed by atoms with Gasteiger partial charge in [-0.3, -0.25) is 4.72 Å². The van der Waals surface area contributed by atoms with Crippen LogP contribution in [0.25, 0.3) is 5.82 Å². The molecule has 0 bridgehead atoms. The van der Waals surface area contributed by atoms with Gasteiger partial charge in [0.25, 0.3) is 10.0 Å². The molecule has 1 aromatic carbocycles. The molecule has 0 radical (unpaired) electrons. The van der Waals surface area contributed by atoms with Gasteiger partial charge in [-0.15, -0.1) is 0 Å². The van der Waals surface area contributed by atoms with Gasteiger partial charge in [0.15, 0.2) is 10.8 Å². The van der Waals surface area contributed by atoms with E-state index < -0.39 is 10.0 Å². The number of benzene rings is 1. The molecule has 0 aliphatic heterocycles.